The average molecular weight is 200 g/mol. The summed E-state index contributed by atoms with van der Waals surface area (Å²) in [5.41, 5.74) is 3.80. The second-order valence-corrected chi connectivity index (χ2v) is 3.85. The van der Waals surface area contributed by atoms with Crippen molar-refractivity contribution in [3.05, 3.63) is 53.9 Å². The number of anilines is 1. The van der Waals surface area contributed by atoms with Gasteiger partial charge < -0.3 is 9.88 Å². The summed E-state index contributed by atoms with van der Waals surface area (Å²) in [6.45, 7) is 3.00. The van der Waals surface area contributed by atoms with Gasteiger partial charge in [0.05, 0.1) is 0 Å². The van der Waals surface area contributed by atoms with E-state index in [4.69, 9.17) is 0 Å². The van der Waals surface area contributed by atoms with E-state index in [2.05, 4.69) is 59.5 Å². The van der Waals surface area contributed by atoms with Gasteiger partial charge in [-0.25, -0.2) is 0 Å². The fourth-order valence-electron chi connectivity index (χ4n) is 1.63. The molecule has 1 N–H and O–H groups in total. The van der Waals surface area contributed by atoms with Crippen molar-refractivity contribution in [3.8, 4) is 0 Å². The molecule has 2 rings (SSSR count). The van der Waals surface area contributed by atoms with Gasteiger partial charge in [0.15, 0.2) is 0 Å². The van der Waals surface area contributed by atoms with Crippen LogP contribution < -0.4 is 5.32 Å². The van der Waals surface area contributed by atoms with E-state index in [1.807, 2.05) is 7.05 Å². The lowest BCUT2D eigenvalue weighted by Crippen LogP contribution is -1.99. The fraction of sp³-hybridized carbons (Fsp3) is 0.231. The molecular weight excluding hydrogens is 184 g/mol. The molecule has 0 radical (unpaired) electrons. The van der Waals surface area contributed by atoms with Crippen LogP contribution in [0, 0.1) is 6.92 Å². The summed E-state index contributed by atoms with van der Waals surface area (Å²) < 4.78 is 2.06. The predicted molar refractivity (Wildman–Crippen MR) is 63.9 cm³/mol. The van der Waals surface area contributed by atoms with Crippen molar-refractivity contribution in [2.45, 2.75) is 13.5 Å². The molecule has 0 saturated carbocycles. The highest BCUT2D eigenvalue weighted by atomic mass is 14.9. The highest BCUT2D eigenvalue weighted by Gasteiger charge is 1.97. The lowest BCUT2D eigenvalue weighted by molar-refractivity contribution is 0.920. The number of hydrogen-bond acceptors (Lipinski definition) is 1. The van der Waals surface area contributed by atoms with Crippen LogP contribution in [-0.4, -0.2) is 4.57 Å². The minimum absolute atomic E-state index is 0.881. The lowest BCUT2D eigenvalue weighted by Gasteiger charge is -2.07. The summed E-state index contributed by atoms with van der Waals surface area (Å²) >= 11 is 0. The third kappa shape index (κ3) is 2.40. The number of aromatic nitrogens is 1. The Balaban J connectivity index is 2.02. The van der Waals surface area contributed by atoms with Crippen LogP contribution in [0.3, 0.4) is 0 Å². The molecule has 1 aromatic carbocycles. The molecule has 2 heteroatoms. The smallest absolute Gasteiger partial charge is 0.0415 e. The van der Waals surface area contributed by atoms with E-state index in [1.54, 1.807) is 0 Å². The number of nitrogens with zero attached hydrogens (tertiary/aromatic N) is 1. The van der Waals surface area contributed by atoms with Gasteiger partial charge in [-0.05, 0) is 30.2 Å². The Morgan fingerprint density at radius 3 is 2.67 bits per heavy atom. The maximum Gasteiger partial charge on any atom is 0.0415 e. The number of benzene rings is 1. The summed E-state index contributed by atoms with van der Waals surface area (Å²) in [5, 5.41) is 3.43. The Morgan fingerprint density at radius 2 is 2.00 bits per heavy atom. The zero-order valence-electron chi connectivity index (χ0n) is 9.20. The van der Waals surface area contributed by atoms with Crippen molar-refractivity contribution in [1.82, 2.24) is 4.57 Å². The summed E-state index contributed by atoms with van der Waals surface area (Å²) in [6.07, 6.45) is 4.19. The van der Waals surface area contributed by atoms with E-state index in [1.165, 1.54) is 16.8 Å². The van der Waals surface area contributed by atoms with Crippen LogP contribution in [0.15, 0.2) is 42.7 Å². The standard InChI is InChI=1S/C13H16N2/c1-11-5-3-4-6-13(11)14-9-12-7-8-15(2)10-12/h3-8,10,14H,9H2,1-2H3. The van der Waals surface area contributed by atoms with E-state index in [0.29, 0.717) is 0 Å². The molecular formula is C13H16N2. The summed E-state index contributed by atoms with van der Waals surface area (Å²) in [4.78, 5) is 0. The maximum atomic E-state index is 3.43. The van der Waals surface area contributed by atoms with E-state index in [9.17, 15) is 0 Å². The fourth-order valence-corrected chi connectivity index (χ4v) is 1.63. The molecule has 1 aromatic heterocycles. The van der Waals surface area contributed by atoms with Crippen LogP contribution in [-0.2, 0) is 13.6 Å². The van der Waals surface area contributed by atoms with Crippen LogP contribution in [0.2, 0.25) is 0 Å². The Morgan fingerprint density at radius 1 is 1.20 bits per heavy atom. The van der Waals surface area contributed by atoms with Crippen LogP contribution >= 0.6 is 0 Å². The zero-order chi connectivity index (χ0) is 10.7. The minimum Gasteiger partial charge on any atom is -0.381 e. The molecule has 0 spiro atoms. The van der Waals surface area contributed by atoms with Gasteiger partial charge >= 0.3 is 0 Å². The van der Waals surface area contributed by atoms with Gasteiger partial charge in [0.25, 0.3) is 0 Å². The number of rotatable bonds is 3. The molecule has 0 aliphatic rings. The first kappa shape index (κ1) is 9.84. The normalized spacial score (nSPS) is 10.3. The number of nitrogens with one attached hydrogen (secondary N) is 1. The molecule has 2 aromatic rings. The molecule has 1 heterocycles. The van der Waals surface area contributed by atoms with Crippen molar-refractivity contribution >= 4 is 5.69 Å². The molecule has 15 heavy (non-hydrogen) atoms. The van der Waals surface area contributed by atoms with Gasteiger partial charge in [-0.15, -0.1) is 0 Å². The van der Waals surface area contributed by atoms with Crippen LogP contribution in [0.5, 0.6) is 0 Å². The number of para-hydroxylation sites is 1. The molecule has 0 aliphatic heterocycles. The Hall–Kier alpha value is -1.70. The van der Waals surface area contributed by atoms with Crippen LogP contribution in [0.25, 0.3) is 0 Å². The predicted octanol–water partition coefficient (Wildman–Crippen LogP) is 2.95. The first-order valence-corrected chi connectivity index (χ1v) is 5.16. The van der Waals surface area contributed by atoms with Crippen molar-refractivity contribution in [2.75, 3.05) is 5.32 Å². The van der Waals surface area contributed by atoms with Gasteiger partial charge in [0, 0.05) is 31.7 Å². The van der Waals surface area contributed by atoms with Gasteiger partial charge in [0.2, 0.25) is 0 Å². The Bertz CT molecular complexity index is 443. The first-order valence-electron chi connectivity index (χ1n) is 5.16. The monoisotopic (exact) mass is 200 g/mol. The number of hydrogen-bond donors (Lipinski definition) is 1. The van der Waals surface area contributed by atoms with Gasteiger partial charge in [-0.3, -0.25) is 0 Å². The van der Waals surface area contributed by atoms with Crippen molar-refractivity contribution in [2.24, 2.45) is 7.05 Å². The SMILES string of the molecule is Cc1ccccc1NCc1ccn(C)c1. The lowest BCUT2D eigenvalue weighted by atomic mass is 10.2. The van der Waals surface area contributed by atoms with Crippen molar-refractivity contribution in [3.63, 3.8) is 0 Å². The molecule has 0 atom stereocenters. The second-order valence-electron chi connectivity index (χ2n) is 3.85. The highest BCUT2D eigenvalue weighted by Crippen LogP contribution is 2.14. The Labute approximate surface area is 90.6 Å². The molecule has 0 amide bonds. The highest BCUT2D eigenvalue weighted by molar-refractivity contribution is 5.50. The quantitative estimate of drug-likeness (QED) is 0.806. The third-order valence-corrected chi connectivity index (χ3v) is 2.52. The molecule has 0 saturated heterocycles. The molecule has 2 nitrogen and oxygen atoms in total. The third-order valence-electron chi connectivity index (χ3n) is 2.52. The van der Waals surface area contributed by atoms with Gasteiger partial charge in [0.1, 0.15) is 0 Å². The van der Waals surface area contributed by atoms with Gasteiger partial charge in [-0.1, -0.05) is 18.2 Å². The molecule has 0 aliphatic carbocycles. The molecule has 78 valence electrons. The summed E-state index contributed by atoms with van der Waals surface area (Å²) in [5.74, 6) is 0. The Kier molecular flexibility index (Phi) is 2.77. The molecule has 0 unspecified atom stereocenters. The van der Waals surface area contributed by atoms with Crippen molar-refractivity contribution < 1.29 is 0 Å². The van der Waals surface area contributed by atoms with Crippen LogP contribution in [0.4, 0.5) is 5.69 Å². The van der Waals surface area contributed by atoms with E-state index in [-0.39, 0.29) is 0 Å². The largest absolute Gasteiger partial charge is 0.381 e. The number of aryl methyl sites for hydroxylation is 2. The first-order chi connectivity index (χ1) is 7.25. The van der Waals surface area contributed by atoms with E-state index >= 15 is 0 Å². The second kappa shape index (κ2) is 4.22. The maximum absolute atomic E-state index is 3.43. The topological polar surface area (TPSA) is 17.0 Å². The van der Waals surface area contributed by atoms with E-state index in [0.717, 1.165) is 6.54 Å². The molecule has 0 bridgehead atoms. The van der Waals surface area contributed by atoms with Gasteiger partial charge in [-0.2, -0.15) is 0 Å². The van der Waals surface area contributed by atoms with Crippen molar-refractivity contribution in [1.29, 1.82) is 0 Å². The zero-order valence-corrected chi connectivity index (χ0v) is 9.20. The van der Waals surface area contributed by atoms with Crippen LogP contribution in [0.1, 0.15) is 11.1 Å². The molecule has 0 fully saturated rings. The van der Waals surface area contributed by atoms with E-state index < -0.39 is 0 Å². The minimum atomic E-state index is 0.881. The summed E-state index contributed by atoms with van der Waals surface area (Å²) in [7, 11) is 2.04. The summed E-state index contributed by atoms with van der Waals surface area (Å²) in [6, 6.07) is 10.5. The average Bonchev–Trinajstić information content (AvgIpc) is 2.63.